The standard InChI is InChI=1S/C16H16N4O.C4H5N/c1-17-13-7-3-11(4-8-13)15-19-20-16(21-15)12-5-9-14(18-2)10-6-12;1-2-4-5-3-1/h3-10,17-18H,1-2H3;1-5H. The predicted octanol–water partition coefficient (Wildman–Crippen LogP) is 4.50. The monoisotopic (exact) mass is 347 g/mol. The Bertz CT molecular complexity index is 817. The van der Waals surface area contributed by atoms with E-state index in [1.54, 1.807) is 0 Å². The van der Waals surface area contributed by atoms with Gasteiger partial charge in [0.25, 0.3) is 0 Å². The minimum atomic E-state index is 0.519. The van der Waals surface area contributed by atoms with E-state index in [0.29, 0.717) is 11.8 Å². The van der Waals surface area contributed by atoms with Crippen molar-refractivity contribution in [2.24, 2.45) is 0 Å². The number of H-pyrrole nitrogens is 1. The van der Waals surface area contributed by atoms with E-state index in [2.05, 4.69) is 25.8 Å². The Balaban J connectivity index is 0.000000339. The summed E-state index contributed by atoms with van der Waals surface area (Å²) in [5, 5.41) is 14.4. The molecule has 4 rings (SSSR count). The molecule has 0 aliphatic heterocycles. The molecule has 0 fully saturated rings. The smallest absolute Gasteiger partial charge is 0.248 e. The van der Waals surface area contributed by atoms with Gasteiger partial charge in [-0.1, -0.05) is 0 Å². The molecule has 2 aromatic heterocycles. The number of hydrogen-bond acceptors (Lipinski definition) is 5. The second-order valence-electron chi connectivity index (χ2n) is 5.45. The van der Waals surface area contributed by atoms with E-state index < -0.39 is 0 Å². The van der Waals surface area contributed by atoms with Crippen LogP contribution in [0.1, 0.15) is 0 Å². The molecule has 3 N–H and O–H groups in total. The molecule has 0 atom stereocenters. The van der Waals surface area contributed by atoms with Crippen molar-refractivity contribution in [3.8, 4) is 22.9 Å². The Morgan fingerprint density at radius 1 is 0.692 bits per heavy atom. The molecule has 132 valence electrons. The molecule has 6 heteroatoms. The summed E-state index contributed by atoms with van der Waals surface area (Å²) in [6.45, 7) is 0. The van der Waals surface area contributed by atoms with Crippen molar-refractivity contribution in [1.82, 2.24) is 15.2 Å². The largest absolute Gasteiger partial charge is 0.416 e. The van der Waals surface area contributed by atoms with Gasteiger partial charge in [0.2, 0.25) is 11.8 Å². The predicted molar refractivity (Wildman–Crippen MR) is 105 cm³/mol. The quantitative estimate of drug-likeness (QED) is 0.506. The zero-order chi connectivity index (χ0) is 18.2. The Morgan fingerprint density at radius 2 is 1.12 bits per heavy atom. The lowest BCUT2D eigenvalue weighted by atomic mass is 10.2. The first-order chi connectivity index (χ1) is 12.8. The van der Waals surface area contributed by atoms with Crippen LogP contribution in [0, 0.1) is 0 Å². The molecule has 0 amide bonds. The van der Waals surface area contributed by atoms with Crippen LogP contribution < -0.4 is 10.6 Å². The summed E-state index contributed by atoms with van der Waals surface area (Å²) in [5.74, 6) is 1.04. The van der Waals surface area contributed by atoms with Gasteiger partial charge in [-0.25, -0.2) is 0 Å². The number of hydrogen-bond donors (Lipinski definition) is 3. The molecule has 0 aliphatic carbocycles. The zero-order valence-corrected chi connectivity index (χ0v) is 14.7. The fourth-order valence-electron chi connectivity index (χ4n) is 2.29. The molecule has 0 spiro atoms. The Morgan fingerprint density at radius 3 is 1.42 bits per heavy atom. The third-order valence-corrected chi connectivity index (χ3v) is 3.76. The van der Waals surface area contributed by atoms with Gasteiger partial charge >= 0.3 is 0 Å². The molecule has 0 unspecified atom stereocenters. The molecule has 0 aliphatic rings. The lowest BCUT2D eigenvalue weighted by Crippen LogP contribution is -1.86. The highest BCUT2D eigenvalue weighted by molar-refractivity contribution is 5.62. The number of benzene rings is 2. The number of nitrogens with one attached hydrogen (secondary N) is 3. The lowest BCUT2D eigenvalue weighted by Gasteiger charge is -2.00. The van der Waals surface area contributed by atoms with Crippen molar-refractivity contribution in [2.75, 3.05) is 24.7 Å². The summed E-state index contributed by atoms with van der Waals surface area (Å²) in [7, 11) is 3.77. The minimum Gasteiger partial charge on any atom is -0.416 e. The van der Waals surface area contributed by atoms with Crippen molar-refractivity contribution in [3.05, 3.63) is 73.1 Å². The van der Waals surface area contributed by atoms with Crippen molar-refractivity contribution in [3.63, 3.8) is 0 Å². The molecule has 4 aromatic rings. The molecule has 0 radical (unpaired) electrons. The van der Waals surface area contributed by atoms with Gasteiger partial charge in [0, 0.05) is 49.0 Å². The Labute approximate surface area is 152 Å². The summed E-state index contributed by atoms with van der Waals surface area (Å²) < 4.78 is 5.74. The second kappa shape index (κ2) is 8.53. The van der Waals surface area contributed by atoms with E-state index in [4.69, 9.17) is 4.42 Å². The normalized spacial score (nSPS) is 9.92. The van der Waals surface area contributed by atoms with Crippen molar-refractivity contribution in [2.45, 2.75) is 0 Å². The van der Waals surface area contributed by atoms with Crippen LogP contribution in [-0.2, 0) is 0 Å². The number of anilines is 2. The first-order valence-corrected chi connectivity index (χ1v) is 8.28. The van der Waals surface area contributed by atoms with Gasteiger partial charge < -0.3 is 20.0 Å². The highest BCUT2D eigenvalue weighted by atomic mass is 16.4. The van der Waals surface area contributed by atoms with E-state index >= 15 is 0 Å². The van der Waals surface area contributed by atoms with Gasteiger partial charge in [-0.2, -0.15) is 0 Å². The lowest BCUT2D eigenvalue weighted by molar-refractivity contribution is 0.584. The number of aromatic amines is 1. The van der Waals surface area contributed by atoms with Gasteiger partial charge in [0.15, 0.2) is 0 Å². The van der Waals surface area contributed by atoms with Crippen LogP contribution in [0.5, 0.6) is 0 Å². The fraction of sp³-hybridized carbons (Fsp3) is 0.100. The summed E-state index contributed by atoms with van der Waals surface area (Å²) in [5.41, 5.74) is 3.89. The SMILES string of the molecule is CNc1ccc(-c2nnc(-c3ccc(NC)cc3)o2)cc1.c1cc[nH]c1. The van der Waals surface area contributed by atoms with E-state index in [1.807, 2.05) is 87.2 Å². The molecule has 0 bridgehead atoms. The third kappa shape index (κ3) is 4.30. The third-order valence-electron chi connectivity index (χ3n) is 3.76. The fourth-order valence-corrected chi connectivity index (χ4v) is 2.29. The zero-order valence-electron chi connectivity index (χ0n) is 14.7. The van der Waals surface area contributed by atoms with Crippen molar-refractivity contribution in [1.29, 1.82) is 0 Å². The molecule has 2 aromatic carbocycles. The summed E-state index contributed by atoms with van der Waals surface area (Å²) in [6.07, 6.45) is 3.75. The average molecular weight is 347 g/mol. The Hall–Kier alpha value is -3.54. The maximum absolute atomic E-state index is 5.74. The maximum atomic E-state index is 5.74. The van der Waals surface area contributed by atoms with E-state index in [-0.39, 0.29) is 0 Å². The topological polar surface area (TPSA) is 78.8 Å². The summed E-state index contributed by atoms with van der Waals surface area (Å²) in [4.78, 5) is 2.86. The Kier molecular flexibility index (Phi) is 5.67. The molecular weight excluding hydrogens is 326 g/mol. The van der Waals surface area contributed by atoms with Crippen LogP contribution in [0.2, 0.25) is 0 Å². The molecule has 6 nitrogen and oxygen atoms in total. The van der Waals surface area contributed by atoms with Gasteiger partial charge in [-0.05, 0) is 60.7 Å². The van der Waals surface area contributed by atoms with E-state index in [9.17, 15) is 0 Å². The maximum Gasteiger partial charge on any atom is 0.248 e. The molecular formula is C20H21N5O. The van der Waals surface area contributed by atoms with Gasteiger partial charge in [-0.15, -0.1) is 10.2 Å². The van der Waals surface area contributed by atoms with Crippen molar-refractivity contribution >= 4 is 11.4 Å². The second-order valence-corrected chi connectivity index (χ2v) is 5.45. The number of aromatic nitrogens is 3. The van der Waals surface area contributed by atoms with Gasteiger partial charge in [-0.3, -0.25) is 0 Å². The molecule has 0 saturated carbocycles. The van der Waals surface area contributed by atoms with Crippen LogP contribution in [0.4, 0.5) is 11.4 Å². The van der Waals surface area contributed by atoms with Gasteiger partial charge in [0.05, 0.1) is 0 Å². The first kappa shape index (κ1) is 17.3. The average Bonchev–Trinajstić information content (AvgIpc) is 3.43. The number of rotatable bonds is 4. The van der Waals surface area contributed by atoms with E-state index in [0.717, 1.165) is 22.5 Å². The van der Waals surface area contributed by atoms with Crippen LogP contribution in [0.3, 0.4) is 0 Å². The van der Waals surface area contributed by atoms with Gasteiger partial charge in [0.1, 0.15) is 0 Å². The molecule has 2 heterocycles. The number of nitrogens with zero attached hydrogens (tertiary/aromatic N) is 2. The van der Waals surface area contributed by atoms with E-state index in [1.165, 1.54) is 0 Å². The van der Waals surface area contributed by atoms with Crippen LogP contribution in [0.15, 0.2) is 77.5 Å². The highest BCUT2D eigenvalue weighted by Gasteiger charge is 2.10. The highest BCUT2D eigenvalue weighted by Crippen LogP contribution is 2.25. The minimum absolute atomic E-state index is 0.519. The molecule has 26 heavy (non-hydrogen) atoms. The summed E-state index contributed by atoms with van der Waals surface area (Å²) >= 11 is 0. The van der Waals surface area contributed by atoms with Crippen LogP contribution in [-0.4, -0.2) is 29.3 Å². The summed E-state index contributed by atoms with van der Waals surface area (Å²) in [6, 6.07) is 19.6. The first-order valence-electron chi connectivity index (χ1n) is 8.28. The van der Waals surface area contributed by atoms with Crippen LogP contribution in [0.25, 0.3) is 22.9 Å². The molecule has 0 saturated heterocycles. The van der Waals surface area contributed by atoms with Crippen molar-refractivity contribution < 1.29 is 4.42 Å². The van der Waals surface area contributed by atoms with Crippen LogP contribution >= 0.6 is 0 Å².